The molecule has 0 atom stereocenters. The molecule has 0 aliphatic carbocycles. The predicted octanol–water partition coefficient (Wildman–Crippen LogP) is 2.44. The quantitative estimate of drug-likeness (QED) is 0.591. The van der Waals surface area contributed by atoms with Crippen LogP contribution < -0.4 is 15.2 Å². The van der Waals surface area contributed by atoms with Gasteiger partial charge in [0.05, 0.1) is 28.4 Å². The van der Waals surface area contributed by atoms with Crippen LogP contribution in [0.1, 0.15) is 0 Å². The van der Waals surface area contributed by atoms with Crippen LogP contribution in [0.15, 0.2) is 41.3 Å². The smallest absolute Gasteiger partial charge is 0.261 e. The molecule has 2 rings (SSSR count). The molecule has 21 heavy (non-hydrogen) atoms. The minimum absolute atomic E-state index is 0.0217. The summed E-state index contributed by atoms with van der Waals surface area (Å²) >= 11 is 5.88. The van der Waals surface area contributed by atoms with Crippen molar-refractivity contribution in [2.75, 3.05) is 17.6 Å². The number of hydrogen-bond donors (Lipinski definition) is 3. The van der Waals surface area contributed by atoms with Crippen molar-refractivity contribution in [2.24, 2.45) is 0 Å². The Morgan fingerprint density at radius 1 is 1.24 bits per heavy atom. The van der Waals surface area contributed by atoms with E-state index >= 15 is 0 Å². The molecule has 6 nitrogen and oxygen atoms in total. The number of phenolic OH excluding ortho intramolecular Hbond substituents is 1. The maximum atomic E-state index is 12.2. The minimum atomic E-state index is -3.83. The first-order chi connectivity index (χ1) is 9.83. The molecule has 0 amide bonds. The minimum Gasteiger partial charge on any atom is -0.506 e. The van der Waals surface area contributed by atoms with Gasteiger partial charge in [0.1, 0.15) is 11.5 Å². The molecule has 0 bridgehead atoms. The molecule has 2 aromatic rings. The molecule has 0 radical (unpaired) electrons. The van der Waals surface area contributed by atoms with Gasteiger partial charge in [-0.15, -0.1) is 0 Å². The number of anilines is 2. The highest BCUT2D eigenvalue weighted by Crippen LogP contribution is 2.29. The number of phenols is 1. The zero-order valence-electron chi connectivity index (χ0n) is 11.0. The van der Waals surface area contributed by atoms with Crippen LogP contribution in [0, 0.1) is 0 Å². The van der Waals surface area contributed by atoms with E-state index in [9.17, 15) is 13.5 Å². The van der Waals surface area contributed by atoms with E-state index in [2.05, 4.69) is 4.72 Å². The van der Waals surface area contributed by atoms with Crippen LogP contribution in [0.2, 0.25) is 5.02 Å². The van der Waals surface area contributed by atoms with Gasteiger partial charge in [-0.2, -0.15) is 0 Å². The maximum absolute atomic E-state index is 12.2. The van der Waals surface area contributed by atoms with Gasteiger partial charge in [0.15, 0.2) is 0 Å². The highest BCUT2D eigenvalue weighted by atomic mass is 35.5. The summed E-state index contributed by atoms with van der Waals surface area (Å²) in [6, 6.07) is 8.12. The van der Waals surface area contributed by atoms with Gasteiger partial charge in [-0.25, -0.2) is 8.42 Å². The maximum Gasteiger partial charge on any atom is 0.261 e. The molecule has 0 aromatic heterocycles. The molecule has 0 fully saturated rings. The number of halogens is 1. The number of hydrogen-bond acceptors (Lipinski definition) is 5. The SMILES string of the molecule is COc1cc(NS(=O)(=O)c2ccc(O)c(N)c2)ccc1Cl. The van der Waals surface area contributed by atoms with Gasteiger partial charge in [0, 0.05) is 6.07 Å². The molecule has 0 saturated heterocycles. The molecule has 8 heteroatoms. The van der Waals surface area contributed by atoms with E-state index in [1.54, 1.807) is 0 Å². The Hall–Kier alpha value is -2.12. The first kappa shape index (κ1) is 15.3. The molecular weight excluding hydrogens is 316 g/mol. The molecule has 0 aliphatic rings. The summed E-state index contributed by atoms with van der Waals surface area (Å²) in [6.45, 7) is 0. The van der Waals surface area contributed by atoms with E-state index in [4.69, 9.17) is 22.1 Å². The summed E-state index contributed by atoms with van der Waals surface area (Å²) in [5.74, 6) is 0.171. The molecule has 0 spiro atoms. The number of rotatable bonds is 4. The standard InChI is InChI=1S/C13H13ClN2O4S/c1-20-13-6-8(2-4-10(13)14)16-21(18,19)9-3-5-12(17)11(15)7-9/h2-7,16-17H,15H2,1H3. The van der Waals surface area contributed by atoms with Crippen LogP contribution in [0.4, 0.5) is 11.4 Å². The van der Waals surface area contributed by atoms with E-state index in [-0.39, 0.29) is 16.3 Å². The molecule has 112 valence electrons. The number of sulfonamides is 1. The van der Waals surface area contributed by atoms with Crippen molar-refractivity contribution in [1.82, 2.24) is 0 Å². The number of methoxy groups -OCH3 is 1. The Morgan fingerprint density at radius 3 is 2.57 bits per heavy atom. The summed E-state index contributed by atoms with van der Waals surface area (Å²) in [7, 11) is -2.40. The third kappa shape index (κ3) is 3.32. The Balaban J connectivity index is 2.35. The molecule has 0 saturated carbocycles. The summed E-state index contributed by atoms with van der Waals surface area (Å²) < 4.78 is 31.9. The van der Waals surface area contributed by atoms with E-state index in [0.29, 0.717) is 16.5 Å². The Bertz CT molecular complexity index is 778. The number of ether oxygens (including phenoxy) is 1. The van der Waals surface area contributed by atoms with Gasteiger partial charge in [-0.05, 0) is 30.3 Å². The highest BCUT2D eigenvalue weighted by molar-refractivity contribution is 7.92. The monoisotopic (exact) mass is 328 g/mol. The molecule has 4 N–H and O–H groups in total. The third-order valence-electron chi connectivity index (χ3n) is 2.71. The van der Waals surface area contributed by atoms with Crippen molar-refractivity contribution in [2.45, 2.75) is 4.90 Å². The fourth-order valence-corrected chi connectivity index (χ4v) is 2.92. The second kappa shape index (κ2) is 5.71. The van der Waals surface area contributed by atoms with Crippen LogP contribution >= 0.6 is 11.6 Å². The number of benzene rings is 2. The Kier molecular flexibility index (Phi) is 4.15. The van der Waals surface area contributed by atoms with Crippen molar-refractivity contribution in [1.29, 1.82) is 0 Å². The lowest BCUT2D eigenvalue weighted by atomic mass is 10.3. The summed E-state index contributed by atoms with van der Waals surface area (Å²) in [4.78, 5) is -0.0632. The topological polar surface area (TPSA) is 102 Å². The van der Waals surface area contributed by atoms with E-state index in [1.807, 2.05) is 0 Å². The second-order valence-corrected chi connectivity index (χ2v) is 6.27. The van der Waals surface area contributed by atoms with Crippen LogP contribution in [0.3, 0.4) is 0 Å². The fraction of sp³-hybridized carbons (Fsp3) is 0.0769. The van der Waals surface area contributed by atoms with Crippen molar-refractivity contribution >= 4 is 33.0 Å². The van der Waals surface area contributed by atoms with E-state index < -0.39 is 10.0 Å². The lowest BCUT2D eigenvalue weighted by molar-refractivity contribution is 0.415. The van der Waals surface area contributed by atoms with E-state index in [0.717, 1.165) is 0 Å². The van der Waals surface area contributed by atoms with Gasteiger partial charge in [-0.1, -0.05) is 11.6 Å². The molecule has 0 unspecified atom stereocenters. The van der Waals surface area contributed by atoms with Gasteiger partial charge in [0.25, 0.3) is 10.0 Å². The normalized spacial score (nSPS) is 11.1. The summed E-state index contributed by atoms with van der Waals surface area (Å²) in [5, 5.41) is 9.70. The fourth-order valence-electron chi connectivity index (χ4n) is 1.64. The van der Waals surface area contributed by atoms with Crippen LogP contribution in [0.25, 0.3) is 0 Å². The predicted molar refractivity (Wildman–Crippen MR) is 81.3 cm³/mol. The average molecular weight is 329 g/mol. The van der Waals surface area contributed by atoms with Gasteiger partial charge < -0.3 is 15.6 Å². The Morgan fingerprint density at radius 2 is 1.95 bits per heavy atom. The van der Waals surface area contributed by atoms with Gasteiger partial charge in [-0.3, -0.25) is 4.72 Å². The molecule has 0 heterocycles. The zero-order chi connectivity index (χ0) is 15.6. The highest BCUT2D eigenvalue weighted by Gasteiger charge is 2.16. The molecule has 2 aromatic carbocycles. The average Bonchev–Trinajstić information content (AvgIpc) is 2.43. The number of nitrogens with one attached hydrogen (secondary N) is 1. The first-order valence-corrected chi connectivity index (χ1v) is 7.64. The summed E-state index contributed by atoms with van der Waals surface area (Å²) in [5.41, 5.74) is 5.77. The van der Waals surface area contributed by atoms with Crippen molar-refractivity contribution < 1.29 is 18.3 Å². The van der Waals surface area contributed by atoms with E-state index in [1.165, 1.54) is 43.5 Å². The molecular formula is C13H13ClN2O4S. The van der Waals surface area contributed by atoms with Crippen LogP contribution in [0.5, 0.6) is 11.5 Å². The second-order valence-electron chi connectivity index (χ2n) is 4.18. The van der Waals surface area contributed by atoms with Crippen molar-refractivity contribution in [3.8, 4) is 11.5 Å². The number of aromatic hydroxyl groups is 1. The zero-order valence-corrected chi connectivity index (χ0v) is 12.6. The third-order valence-corrected chi connectivity index (χ3v) is 4.40. The Labute approximate surface area is 127 Å². The molecule has 0 aliphatic heterocycles. The number of nitrogens with two attached hydrogens (primary N) is 1. The largest absolute Gasteiger partial charge is 0.506 e. The summed E-state index contributed by atoms with van der Waals surface area (Å²) in [6.07, 6.45) is 0. The van der Waals surface area contributed by atoms with Gasteiger partial charge >= 0.3 is 0 Å². The van der Waals surface area contributed by atoms with Gasteiger partial charge in [0.2, 0.25) is 0 Å². The lowest BCUT2D eigenvalue weighted by Gasteiger charge is -2.11. The van der Waals surface area contributed by atoms with Crippen LogP contribution in [-0.4, -0.2) is 20.6 Å². The number of nitrogen functional groups attached to an aromatic ring is 1. The lowest BCUT2D eigenvalue weighted by Crippen LogP contribution is -2.13. The van der Waals surface area contributed by atoms with Crippen LogP contribution in [-0.2, 0) is 10.0 Å². The van der Waals surface area contributed by atoms with Crippen molar-refractivity contribution in [3.05, 3.63) is 41.4 Å². The first-order valence-electron chi connectivity index (χ1n) is 5.78. The van der Waals surface area contributed by atoms with Crippen molar-refractivity contribution in [3.63, 3.8) is 0 Å².